The molecule has 3 aromatic carbocycles. The Morgan fingerprint density at radius 2 is 1.48 bits per heavy atom. The summed E-state index contributed by atoms with van der Waals surface area (Å²) in [5.74, 6) is 2.44. The average molecular weight is 422 g/mol. The molecule has 2 N–H and O–H groups in total. The third-order valence-electron chi connectivity index (χ3n) is 4.93. The number of benzene rings is 3. The molecule has 1 heterocycles. The molecule has 0 amide bonds. The van der Waals surface area contributed by atoms with Gasteiger partial charge in [-0.1, -0.05) is 50.2 Å². The van der Waals surface area contributed by atoms with Gasteiger partial charge in [-0.05, 0) is 43.2 Å². The number of ether oxygens (including phenoxy) is 3. The molecule has 0 aliphatic carbocycles. The van der Waals surface area contributed by atoms with Crippen LogP contribution >= 0.6 is 0 Å². The molecule has 164 valence electrons. The first-order chi connectivity index (χ1) is 15.2. The van der Waals surface area contributed by atoms with E-state index in [4.69, 9.17) is 14.2 Å². The van der Waals surface area contributed by atoms with Crippen LogP contribution in [0.3, 0.4) is 0 Å². The fourth-order valence-corrected chi connectivity index (χ4v) is 3.24. The van der Waals surface area contributed by atoms with Crippen LogP contribution in [0.15, 0.2) is 66.7 Å². The maximum absolute atomic E-state index is 9.62. The van der Waals surface area contributed by atoms with Crippen molar-refractivity contribution >= 4 is 21.8 Å². The number of fused-ring (bicyclic) bond motifs is 3. The first-order valence-corrected chi connectivity index (χ1v) is 10.7. The highest BCUT2D eigenvalue weighted by Crippen LogP contribution is 2.33. The summed E-state index contributed by atoms with van der Waals surface area (Å²) in [6, 6.07) is 21.8. The normalized spacial score (nSPS) is 11.6. The molecule has 0 fully saturated rings. The summed E-state index contributed by atoms with van der Waals surface area (Å²) in [5.41, 5.74) is 2.16. The highest BCUT2D eigenvalue weighted by atomic mass is 16.5. The Morgan fingerprint density at radius 1 is 0.806 bits per heavy atom. The van der Waals surface area contributed by atoms with E-state index in [0.717, 1.165) is 52.1 Å². The van der Waals surface area contributed by atoms with Gasteiger partial charge >= 0.3 is 0 Å². The maximum Gasteiger partial charge on any atom is 0.161 e. The van der Waals surface area contributed by atoms with Gasteiger partial charge in [-0.2, -0.15) is 0 Å². The molecular weight excluding hydrogens is 390 g/mol. The van der Waals surface area contributed by atoms with E-state index in [1.165, 1.54) is 0 Å². The van der Waals surface area contributed by atoms with E-state index in [1.807, 2.05) is 61.5 Å². The lowest BCUT2D eigenvalue weighted by molar-refractivity contribution is 0.105. The van der Waals surface area contributed by atoms with Crippen LogP contribution < -0.4 is 14.2 Å². The number of H-pyrrole nitrogens is 1. The summed E-state index contributed by atoms with van der Waals surface area (Å²) in [4.78, 5) is 3.38. The monoisotopic (exact) mass is 421 g/mol. The fraction of sp³-hybridized carbons (Fsp3) is 0.308. The molecule has 1 unspecified atom stereocenters. The van der Waals surface area contributed by atoms with Gasteiger partial charge < -0.3 is 24.3 Å². The van der Waals surface area contributed by atoms with E-state index in [1.54, 1.807) is 7.11 Å². The minimum atomic E-state index is -0.416. The second-order valence-corrected chi connectivity index (χ2v) is 7.22. The lowest BCUT2D eigenvalue weighted by Gasteiger charge is -2.11. The van der Waals surface area contributed by atoms with Gasteiger partial charge in [-0.15, -0.1) is 0 Å². The quantitative estimate of drug-likeness (QED) is 0.369. The Morgan fingerprint density at radius 3 is 2.23 bits per heavy atom. The Balaban J connectivity index is 0.000000196. The second kappa shape index (κ2) is 11.3. The largest absolute Gasteiger partial charge is 0.493 e. The Bertz CT molecular complexity index is 1090. The molecule has 0 radical (unpaired) electrons. The molecule has 0 saturated carbocycles. The molecule has 0 aliphatic rings. The van der Waals surface area contributed by atoms with Crippen LogP contribution in [0.2, 0.25) is 0 Å². The van der Waals surface area contributed by atoms with Crippen LogP contribution in [0.25, 0.3) is 21.8 Å². The highest BCUT2D eigenvalue weighted by molar-refractivity contribution is 6.10. The van der Waals surface area contributed by atoms with Crippen molar-refractivity contribution < 1.29 is 19.3 Å². The van der Waals surface area contributed by atoms with Crippen molar-refractivity contribution in [1.82, 2.24) is 4.98 Å². The van der Waals surface area contributed by atoms with E-state index in [0.29, 0.717) is 13.0 Å². The molecular formula is C26H31NO4. The van der Waals surface area contributed by atoms with Crippen molar-refractivity contribution in [2.75, 3.05) is 20.3 Å². The first kappa shape index (κ1) is 22.5. The van der Waals surface area contributed by atoms with Crippen LogP contribution in [-0.2, 0) is 0 Å². The molecule has 5 nitrogen and oxygen atoms in total. The number of aromatic amines is 1. The molecule has 1 atom stereocenters. The summed E-state index contributed by atoms with van der Waals surface area (Å²) in [6.07, 6.45) is 1.29. The second-order valence-electron chi connectivity index (χ2n) is 7.22. The molecule has 5 heteroatoms. The van der Waals surface area contributed by atoms with Crippen molar-refractivity contribution in [3.63, 3.8) is 0 Å². The van der Waals surface area contributed by atoms with Gasteiger partial charge in [-0.25, -0.2) is 0 Å². The van der Waals surface area contributed by atoms with Crippen molar-refractivity contribution in [2.45, 2.75) is 32.8 Å². The third-order valence-corrected chi connectivity index (χ3v) is 4.93. The number of aromatic nitrogens is 1. The number of aliphatic hydroxyl groups is 1. The number of para-hydroxylation sites is 3. The summed E-state index contributed by atoms with van der Waals surface area (Å²) in [5, 5.41) is 11.9. The van der Waals surface area contributed by atoms with Gasteiger partial charge in [0.1, 0.15) is 12.4 Å². The van der Waals surface area contributed by atoms with Gasteiger partial charge in [0, 0.05) is 16.3 Å². The van der Waals surface area contributed by atoms with Crippen LogP contribution in [0, 0.1) is 0 Å². The molecule has 0 aliphatic heterocycles. The van der Waals surface area contributed by atoms with Crippen molar-refractivity contribution in [1.29, 1.82) is 0 Å². The number of rotatable bonds is 8. The van der Waals surface area contributed by atoms with Crippen molar-refractivity contribution in [3.8, 4) is 17.2 Å². The number of hydrogen-bond donors (Lipinski definition) is 2. The average Bonchev–Trinajstić information content (AvgIpc) is 3.21. The minimum Gasteiger partial charge on any atom is -0.493 e. The van der Waals surface area contributed by atoms with E-state index < -0.39 is 6.10 Å². The standard InChI is InChI=1S/C16H17NO2.C10H14O2/c1-2-11(18)10-19-15-9-5-8-14-16(15)12-6-3-4-7-13(12)17-14;1-3-8-12-10-7-5-4-6-9(10)11-2/h3-9,11,17-18H,2,10H2,1H3;4-7H,3,8H2,1-2H3. The molecule has 1 aromatic heterocycles. The molecule has 4 rings (SSSR count). The van der Waals surface area contributed by atoms with Crippen molar-refractivity contribution in [3.05, 3.63) is 66.7 Å². The van der Waals surface area contributed by atoms with Gasteiger partial charge in [0.25, 0.3) is 0 Å². The zero-order valence-electron chi connectivity index (χ0n) is 18.4. The molecule has 0 spiro atoms. The summed E-state index contributed by atoms with van der Waals surface area (Å²) in [7, 11) is 1.65. The molecule has 0 bridgehead atoms. The smallest absolute Gasteiger partial charge is 0.161 e. The molecule has 31 heavy (non-hydrogen) atoms. The fourth-order valence-electron chi connectivity index (χ4n) is 3.24. The lowest BCUT2D eigenvalue weighted by Crippen LogP contribution is -2.16. The predicted octanol–water partition coefficient (Wildman–Crippen LogP) is 5.95. The van der Waals surface area contributed by atoms with E-state index in [2.05, 4.69) is 24.0 Å². The van der Waals surface area contributed by atoms with Crippen LogP contribution in [0.4, 0.5) is 0 Å². The lowest BCUT2D eigenvalue weighted by atomic mass is 10.1. The maximum atomic E-state index is 9.62. The Labute approximate surface area is 183 Å². The number of hydrogen-bond acceptors (Lipinski definition) is 4. The van der Waals surface area contributed by atoms with Crippen molar-refractivity contribution in [2.24, 2.45) is 0 Å². The zero-order valence-corrected chi connectivity index (χ0v) is 18.4. The first-order valence-electron chi connectivity index (χ1n) is 10.7. The van der Waals surface area contributed by atoms with E-state index >= 15 is 0 Å². The summed E-state index contributed by atoms with van der Waals surface area (Å²) in [6.45, 7) is 5.09. The van der Waals surface area contributed by atoms with E-state index in [9.17, 15) is 5.11 Å². The van der Waals surface area contributed by atoms with Crippen LogP contribution in [-0.4, -0.2) is 36.5 Å². The summed E-state index contributed by atoms with van der Waals surface area (Å²) < 4.78 is 16.3. The third kappa shape index (κ3) is 5.70. The highest BCUT2D eigenvalue weighted by Gasteiger charge is 2.10. The molecule has 4 aromatic rings. The summed E-state index contributed by atoms with van der Waals surface area (Å²) >= 11 is 0. The topological polar surface area (TPSA) is 63.7 Å². The van der Waals surface area contributed by atoms with Gasteiger partial charge in [0.2, 0.25) is 0 Å². The Hall–Kier alpha value is -3.18. The van der Waals surface area contributed by atoms with E-state index in [-0.39, 0.29) is 0 Å². The minimum absolute atomic E-state index is 0.328. The molecule has 0 saturated heterocycles. The van der Waals surface area contributed by atoms with Gasteiger partial charge in [0.05, 0.1) is 25.3 Å². The predicted molar refractivity (Wildman–Crippen MR) is 126 cm³/mol. The number of nitrogens with one attached hydrogen (secondary N) is 1. The Kier molecular flexibility index (Phi) is 8.19. The SMILES string of the molecule is CCC(O)COc1cccc2[nH]c3ccccc3c12.CCCOc1ccccc1OC. The van der Waals surface area contributed by atoms with Crippen LogP contribution in [0.1, 0.15) is 26.7 Å². The zero-order chi connectivity index (χ0) is 22.1. The van der Waals surface area contributed by atoms with Gasteiger partial charge in [0.15, 0.2) is 11.5 Å². The van der Waals surface area contributed by atoms with Crippen LogP contribution in [0.5, 0.6) is 17.2 Å². The van der Waals surface area contributed by atoms with Gasteiger partial charge in [-0.3, -0.25) is 0 Å². The number of aliphatic hydroxyl groups excluding tert-OH is 1. The number of methoxy groups -OCH3 is 1.